The summed E-state index contributed by atoms with van der Waals surface area (Å²) in [5, 5.41) is 6.32. The fraction of sp³-hybridized carbons (Fsp3) is 0.118. The summed E-state index contributed by atoms with van der Waals surface area (Å²) in [4.78, 5) is 14.0. The van der Waals surface area contributed by atoms with Crippen molar-refractivity contribution in [2.75, 3.05) is 5.32 Å². The van der Waals surface area contributed by atoms with E-state index in [-0.39, 0.29) is 11.9 Å². The molecule has 4 aromatic rings. The first-order valence-electron chi connectivity index (χ1n) is 7.40. The van der Waals surface area contributed by atoms with E-state index < -0.39 is 0 Å². The average Bonchev–Trinajstić information content (AvgIpc) is 3.21. The molecule has 5 nitrogen and oxygen atoms in total. The highest BCUT2D eigenvalue weighted by Crippen LogP contribution is 2.30. The van der Waals surface area contributed by atoms with Gasteiger partial charge >= 0.3 is 0 Å². The molecule has 3 aromatic heterocycles. The van der Waals surface area contributed by atoms with Crippen LogP contribution in [0.15, 0.2) is 54.4 Å². The van der Waals surface area contributed by atoms with Crippen LogP contribution >= 0.6 is 11.3 Å². The molecule has 120 valence electrons. The Balaban J connectivity index is 1.81. The van der Waals surface area contributed by atoms with Gasteiger partial charge < -0.3 is 9.88 Å². The van der Waals surface area contributed by atoms with E-state index in [1.54, 1.807) is 23.6 Å². The Bertz CT molecular complexity index is 993. The van der Waals surface area contributed by atoms with Crippen molar-refractivity contribution in [1.29, 1.82) is 0 Å². The number of aryl methyl sites for hydroxylation is 1. The molecule has 7 heteroatoms. The van der Waals surface area contributed by atoms with Crippen molar-refractivity contribution in [2.24, 2.45) is 7.05 Å². The highest BCUT2D eigenvalue weighted by Gasteiger charge is 2.20. The summed E-state index contributed by atoms with van der Waals surface area (Å²) in [6.45, 7) is 0. The molecule has 0 aliphatic carbocycles. The summed E-state index contributed by atoms with van der Waals surface area (Å²) < 4.78 is 15.6. The van der Waals surface area contributed by atoms with Crippen LogP contribution in [-0.4, -0.2) is 19.5 Å². The molecular weight excluding hydrogens is 325 g/mol. The second kappa shape index (κ2) is 6.01. The number of halogens is 1. The summed E-state index contributed by atoms with van der Waals surface area (Å²) in [6.07, 6.45) is 5.12. The second-order valence-corrected chi connectivity index (χ2v) is 6.28. The molecule has 0 spiro atoms. The van der Waals surface area contributed by atoms with Gasteiger partial charge in [-0.2, -0.15) is 0 Å². The Kier molecular flexibility index (Phi) is 3.70. The number of aromatic nitrogens is 4. The predicted octanol–water partition coefficient (Wildman–Crippen LogP) is 3.77. The maximum atomic E-state index is 13.7. The van der Waals surface area contributed by atoms with Gasteiger partial charge in [0.25, 0.3) is 0 Å². The van der Waals surface area contributed by atoms with E-state index in [0.717, 1.165) is 21.6 Å². The van der Waals surface area contributed by atoms with E-state index in [1.807, 2.05) is 35.3 Å². The Morgan fingerprint density at radius 3 is 2.92 bits per heavy atom. The van der Waals surface area contributed by atoms with Gasteiger partial charge in [-0.3, -0.25) is 0 Å². The van der Waals surface area contributed by atoms with Crippen molar-refractivity contribution < 1.29 is 4.39 Å². The molecule has 0 fully saturated rings. The van der Waals surface area contributed by atoms with E-state index in [2.05, 4.69) is 20.3 Å². The number of nitrogens with one attached hydrogen (secondary N) is 1. The molecule has 0 aliphatic rings. The van der Waals surface area contributed by atoms with Crippen molar-refractivity contribution in [3.05, 3.63) is 71.6 Å². The van der Waals surface area contributed by atoms with E-state index in [4.69, 9.17) is 0 Å². The lowest BCUT2D eigenvalue weighted by molar-refractivity contribution is 0.622. The number of hydrogen-bond acceptors (Lipinski definition) is 5. The van der Waals surface area contributed by atoms with Crippen molar-refractivity contribution in [1.82, 2.24) is 19.5 Å². The van der Waals surface area contributed by atoms with E-state index in [0.29, 0.717) is 5.82 Å². The van der Waals surface area contributed by atoms with Gasteiger partial charge in [0.2, 0.25) is 0 Å². The highest BCUT2D eigenvalue weighted by atomic mass is 32.1. The number of benzene rings is 1. The van der Waals surface area contributed by atoms with E-state index in [9.17, 15) is 4.39 Å². The fourth-order valence-corrected chi connectivity index (χ4v) is 3.41. The number of rotatable bonds is 4. The maximum Gasteiger partial charge on any atom is 0.139 e. The van der Waals surface area contributed by atoms with Crippen LogP contribution in [0.2, 0.25) is 0 Å². The van der Waals surface area contributed by atoms with Crippen LogP contribution in [-0.2, 0) is 7.05 Å². The smallest absolute Gasteiger partial charge is 0.139 e. The molecule has 1 N–H and O–H groups in total. The summed E-state index contributed by atoms with van der Waals surface area (Å²) in [7, 11) is 1.91. The molecule has 0 amide bonds. The first kappa shape index (κ1) is 14.8. The molecule has 3 heterocycles. The summed E-state index contributed by atoms with van der Waals surface area (Å²) in [5.41, 5.74) is 0.784. The third kappa shape index (κ3) is 2.63. The van der Waals surface area contributed by atoms with E-state index in [1.165, 1.54) is 18.5 Å². The van der Waals surface area contributed by atoms with E-state index >= 15 is 0 Å². The van der Waals surface area contributed by atoms with Gasteiger partial charge in [-0.1, -0.05) is 12.1 Å². The fourth-order valence-electron chi connectivity index (χ4n) is 2.68. The molecule has 24 heavy (non-hydrogen) atoms. The van der Waals surface area contributed by atoms with Crippen molar-refractivity contribution in [3.8, 4) is 0 Å². The van der Waals surface area contributed by atoms with Gasteiger partial charge in [0.15, 0.2) is 0 Å². The lowest BCUT2D eigenvalue weighted by atomic mass is 10.1. The number of nitrogens with zero attached hydrogens (tertiary/aromatic N) is 4. The second-order valence-electron chi connectivity index (χ2n) is 5.39. The van der Waals surface area contributed by atoms with Gasteiger partial charge in [-0.05, 0) is 29.1 Å². The molecular formula is C17H14FN5S. The number of fused-ring (bicyclic) bond motifs is 1. The summed E-state index contributed by atoms with van der Waals surface area (Å²) in [6, 6.07) is 8.17. The standard InChI is InChI=1S/C17H14FN5S/c1-23-7-6-19-16(23)14(11-3-2-4-12(18)9-11)22-15-13-5-8-24-17(13)21-10-20-15/h2-10,14H,1H3,(H,20,21,22)/t14-/m0/s1. The first-order chi connectivity index (χ1) is 11.7. The SMILES string of the molecule is Cn1ccnc1[C@@H](Nc1ncnc2sccc12)c1cccc(F)c1. The molecule has 0 bridgehead atoms. The molecule has 0 saturated carbocycles. The van der Waals surface area contributed by atoms with Crippen LogP contribution in [0.4, 0.5) is 10.2 Å². The van der Waals surface area contributed by atoms with Crippen molar-refractivity contribution in [2.45, 2.75) is 6.04 Å². The zero-order valence-corrected chi connectivity index (χ0v) is 13.7. The largest absolute Gasteiger partial charge is 0.356 e. The Morgan fingerprint density at radius 1 is 1.21 bits per heavy atom. The lowest BCUT2D eigenvalue weighted by Crippen LogP contribution is -2.17. The first-order valence-corrected chi connectivity index (χ1v) is 8.28. The third-order valence-electron chi connectivity index (χ3n) is 3.84. The van der Waals surface area contributed by atoms with Gasteiger partial charge in [0.05, 0.1) is 5.39 Å². The lowest BCUT2D eigenvalue weighted by Gasteiger charge is -2.20. The van der Waals surface area contributed by atoms with Crippen LogP contribution < -0.4 is 5.32 Å². The van der Waals surface area contributed by atoms with Crippen LogP contribution in [0, 0.1) is 5.82 Å². The molecule has 4 rings (SSSR count). The average molecular weight is 339 g/mol. The quantitative estimate of drug-likeness (QED) is 0.615. The topological polar surface area (TPSA) is 55.6 Å². The maximum absolute atomic E-state index is 13.7. The predicted molar refractivity (Wildman–Crippen MR) is 92.5 cm³/mol. The Morgan fingerprint density at radius 2 is 2.12 bits per heavy atom. The van der Waals surface area contributed by atoms with Crippen LogP contribution in [0.5, 0.6) is 0 Å². The summed E-state index contributed by atoms with van der Waals surface area (Å²) >= 11 is 1.56. The molecule has 0 radical (unpaired) electrons. The number of anilines is 1. The zero-order valence-electron chi connectivity index (χ0n) is 12.8. The third-order valence-corrected chi connectivity index (χ3v) is 4.66. The number of thiophene rings is 1. The minimum atomic E-state index is -0.321. The number of imidazole rings is 1. The van der Waals surface area contributed by atoms with Gasteiger partial charge in [0, 0.05) is 19.4 Å². The molecule has 1 aromatic carbocycles. The normalized spacial score (nSPS) is 12.4. The van der Waals surface area contributed by atoms with Crippen LogP contribution in [0.3, 0.4) is 0 Å². The molecule has 1 atom stereocenters. The van der Waals surface area contributed by atoms with Gasteiger partial charge in [0.1, 0.15) is 34.7 Å². The Labute approximate surface area is 141 Å². The zero-order chi connectivity index (χ0) is 16.5. The number of hydrogen-bond donors (Lipinski definition) is 1. The van der Waals surface area contributed by atoms with Crippen molar-refractivity contribution in [3.63, 3.8) is 0 Å². The van der Waals surface area contributed by atoms with Gasteiger partial charge in [-0.25, -0.2) is 19.3 Å². The summed E-state index contributed by atoms with van der Waals surface area (Å²) in [5.74, 6) is 1.21. The minimum Gasteiger partial charge on any atom is -0.356 e. The molecule has 0 aliphatic heterocycles. The minimum absolute atomic E-state index is 0.281. The van der Waals surface area contributed by atoms with Crippen molar-refractivity contribution >= 4 is 27.4 Å². The molecule has 0 unspecified atom stereocenters. The molecule has 0 saturated heterocycles. The van der Waals surface area contributed by atoms with Crippen LogP contribution in [0.25, 0.3) is 10.2 Å². The highest BCUT2D eigenvalue weighted by molar-refractivity contribution is 7.16. The van der Waals surface area contributed by atoms with Gasteiger partial charge in [-0.15, -0.1) is 11.3 Å². The monoisotopic (exact) mass is 339 g/mol. The Hall–Kier alpha value is -2.80. The van der Waals surface area contributed by atoms with Crippen LogP contribution in [0.1, 0.15) is 17.4 Å².